The summed E-state index contributed by atoms with van der Waals surface area (Å²) in [5.41, 5.74) is 2.51. The van der Waals surface area contributed by atoms with Gasteiger partial charge < -0.3 is 15.2 Å². The molecule has 2 aromatic carbocycles. The van der Waals surface area contributed by atoms with Crippen LogP contribution in [0.4, 0.5) is 4.39 Å². The van der Waals surface area contributed by atoms with E-state index < -0.39 is 30.5 Å². The molecule has 1 aliphatic carbocycles. The number of aliphatic hydroxyl groups is 1. The van der Waals surface area contributed by atoms with Crippen molar-refractivity contribution in [2.24, 2.45) is 10.9 Å². The summed E-state index contributed by atoms with van der Waals surface area (Å²) in [5, 5.41) is 11.7. The highest BCUT2D eigenvalue weighted by molar-refractivity contribution is 6.12. The number of ether oxygens (including phenoxy) is 1. The van der Waals surface area contributed by atoms with Gasteiger partial charge in [-0.1, -0.05) is 30.3 Å². The van der Waals surface area contributed by atoms with Crippen LogP contribution in [0.15, 0.2) is 47.5 Å². The number of halogens is 1. The highest BCUT2D eigenvalue weighted by atomic mass is 19.1. The average Bonchev–Trinajstić information content (AvgIpc) is 3.40. The van der Waals surface area contributed by atoms with Crippen LogP contribution in [0.2, 0.25) is 0 Å². The van der Waals surface area contributed by atoms with Gasteiger partial charge in [-0.05, 0) is 24.1 Å². The Morgan fingerprint density at radius 2 is 2.03 bits per heavy atom. The van der Waals surface area contributed by atoms with E-state index in [0.29, 0.717) is 23.4 Å². The van der Waals surface area contributed by atoms with E-state index in [1.165, 1.54) is 13.1 Å². The van der Waals surface area contributed by atoms with Gasteiger partial charge in [-0.15, -0.1) is 0 Å². The monoisotopic (exact) mass is 396 g/mol. The zero-order valence-electron chi connectivity index (χ0n) is 15.9. The van der Waals surface area contributed by atoms with Crippen molar-refractivity contribution in [3.05, 3.63) is 64.7 Å². The molecule has 0 radical (unpaired) electrons. The number of hydrogen-bond acceptors (Lipinski definition) is 4. The standard InChI is InChI=1S/C22H21FN2O4/c1-24-22(28)16-8-13(21(27)25-17-9-14(17)11-26)7-15-19(12-5-3-2-4-6-12)18(10-23)29-20(15)16/h2-8,14,18-19,26H,9-11H2,1H3,(H,24,28)/b25-17-/t14-,18+,19-/m0/s1. The minimum atomic E-state index is -0.783. The third-order valence-corrected chi connectivity index (χ3v) is 5.36. The molecular formula is C22H21FN2O4. The second-order valence-electron chi connectivity index (χ2n) is 7.21. The topological polar surface area (TPSA) is 88.0 Å². The predicted octanol–water partition coefficient (Wildman–Crippen LogP) is 2.50. The molecule has 1 fully saturated rings. The molecular weight excluding hydrogens is 375 g/mol. The highest BCUT2D eigenvalue weighted by Crippen LogP contribution is 2.45. The van der Waals surface area contributed by atoms with E-state index in [4.69, 9.17) is 9.84 Å². The molecule has 1 aliphatic heterocycles. The molecule has 1 saturated carbocycles. The van der Waals surface area contributed by atoms with Crippen LogP contribution in [0.3, 0.4) is 0 Å². The Morgan fingerprint density at radius 1 is 1.28 bits per heavy atom. The molecule has 2 aromatic rings. The molecule has 150 valence electrons. The Balaban J connectivity index is 1.82. The fraction of sp³-hybridized carbons (Fsp3) is 0.318. The van der Waals surface area contributed by atoms with E-state index in [1.54, 1.807) is 6.07 Å². The molecule has 0 aromatic heterocycles. The molecule has 2 amide bonds. The number of aliphatic imine (C=N–C) groups is 1. The molecule has 2 aliphatic rings. The Labute approximate surface area is 167 Å². The minimum Gasteiger partial charge on any atom is -0.486 e. The fourth-order valence-corrected chi connectivity index (χ4v) is 3.73. The molecule has 0 unspecified atom stereocenters. The molecule has 0 saturated heterocycles. The first-order valence-electron chi connectivity index (χ1n) is 9.47. The summed E-state index contributed by atoms with van der Waals surface area (Å²) >= 11 is 0. The lowest BCUT2D eigenvalue weighted by molar-refractivity contribution is 0.0955. The van der Waals surface area contributed by atoms with E-state index in [9.17, 15) is 14.0 Å². The summed E-state index contributed by atoms with van der Waals surface area (Å²) in [6.07, 6.45) is -0.190. The third-order valence-electron chi connectivity index (χ3n) is 5.36. The largest absolute Gasteiger partial charge is 0.486 e. The average molecular weight is 396 g/mol. The van der Waals surface area contributed by atoms with E-state index >= 15 is 0 Å². The molecule has 29 heavy (non-hydrogen) atoms. The number of nitrogens with one attached hydrogen (secondary N) is 1. The normalized spacial score (nSPS) is 23.4. The number of rotatable bonds is 5. The summed E-state index contributed by atoms with van der Waals surface area (Å²) in [6.45, 7) is -0.771. The van der Waals surface area contributed by atoms with Crippen molar-refractivity contribution in [1.82, 2.24) is 5.32 Å². The molecule has 1 heterocycles. The maximum absolute atomic E-state index is 13.8. The van der Waals surface area contributed by atoms with Gasteiger partial charge in [0.25, 0.3) is 11.8 Å². The number of benzene rings is 2. The van der Waals surface area contributed by atoms with Gasteiger partial charge in [0.1, 0.15) is 18.5 Å². The molecule has 4 rings (SSSR count). The Bertz CT molecular complexity index is 990. The second-order valence-corrected chi connectivity index (χ2v) is 7.21. The number of alkyl halides is 1. The van der Waals surface area contributed by atoms with Crippen molar-refractivity contribution in [1.29, 1.82) is 0 Å². The van der Waals surface area contributed by atoms with Crippen LogP contribution in [-0.2, 0) is 0 Å². The second kappa shape index (κ2) is 7.75. The summed E-state index contributed by atoms with van der Waals surface area (Å²) in [7, 11) is 1.48. The molecule has 3 atom stereocenters. The summed E-state index contributed by atoms with van der Waals surface area (Å²) in [6, 6.07) is 12.4. The van der Waals surface area contributed by atoms with E-state index in [1.807, 2.05) is 30.3 Å². The predicted molar refractivity (Wildman–Crippen MR) is 105 cm³/mol. The van der Waals surface area contributed by atoms with Gasteiger partial charge >= 0.3 is 0 Å². The number of amides is 2. The van der Waals surface area contributed by atoms with Crippen molar-refractivity contribution >= 4 is 17.5 Å². The lowest BCUT2D eigenvalue weighted by Gasteiger charge is -2.16. The Kier molecular flexibility index (Phi) is 5.15. The van der Waals surface area contributed by atoms with Crippen LogP contribution in [-0.4, -0.2) is 49.1 Å². The number of nitrogens with zero attached hydrogens (tertiary/aromatic N) is 1. The van der Waals surface area contributed by atoms with Gasteiger partial charge in [0.15, 0.2) is 0 Å². The first kappa shape index (κ1) is 19.3. The van der Waals surface area contributed by atoms with Gasteiger partial charge in [0, 0.05) is 29.8 Å². The zero-order valence-corrected chi connectivity index (χ0v) is 15.9. The Morgan fingerprint density at radius 3 is 2.66 bits per heavy atom. The number of fused-ring (bicyclic) bond motifs is 1. The molecule has 2 N–H and O–H groups in total. The van der Waals surface area contributed by atoms with E-state index in [2.05, 4.69) is 10.3 Å². The molecule has 0 spiro atoms. The van der Waals surface area contributed by atoms with Crippen LogP contribution < -0.4 is 10.1 Å². The van der Waals surface area contributed by atoms with Crippen molar-refractivity contribution in [2.75, 3.05) is 20.3 Å². The van der Waals surface area contributed by atoms with Crippen LogP contribution in [0, 0.1) is 5.92 Å². The fourth-order valence-electron chi connectivity index (χ4n) is 3.73. The van der Waals surface area contributed by atoms with E-state index in [-0.39, 0.29) is 23.7 Å². The molecule has 7 heteroatoms. The van der Waals surface area contributed by atoms with Crippen LogP contribution in [0.25, 0.3) is 0 Å². The first-order valence-corrected chi connectivity index (χ1v) is 9.47. The van der Waals surface area contributed by atoms with Gasteiger partial charge in [-0.25, -0.2) is 9.38 Å². The smallest absolute Gasteiger partial charge is 0.276 e. The van der Waals surface area contributed by atoms with Crippen molar-refractivity contribution in [3.63, 3.8) is 0 Å². The number of hydrogen-bond donors (Lipinski definition) is 2. The zero-order chi connectivity index (χ0) is 20.5. The van der Waals surface area contributed by atoms with Gasteiger partial charge in [0.2, 0.25) is 0 Å². The van der Waals surface area contributed by atoms with Crippen molar-refractivity contribution < 1.29 is 23.8 Å². The molecule has 6 nitrogen and oxygen atoms in total. The number of carbonyl (C=O) groups is 2. The van der Waals surface area contributed by atoms with Crippen molar-refractivity contribution in [2.45, 2.75) is 18.4 Å². The minimum absolute atomic E-state index is 0.0398. The first-order chi connectivity index (χ1) is 14.1. The maximum Gasteiger partial charge on any atom is 0.276 e. The number of carbonyl (C=O) groups excluding carboxylic acids is 2. The van der Waals surface area contributed by atoms with E-state index in [0.717, 1.165) is 5.56 Å². The van der Waals surface area contributed by atoms with Gasteiger partial charge in [-0.2, -0.15) is 0 Å². The third kappa shape index (κ3) is 3.53. The van der Waals surface area contributed by atoms with Gasteiger partial charge in [0.05, 0.1) is 18.1 Å². The van der Waals surface area contributed by atoms with Crippen molar-refractivity contribution in [3.8, 4) is 5.75 Å². The van der Waals surface area contributed by atoms with Crippen LogP contribution in [0.1, 0.15) is 44.2 Å². The molecule has 0 bridgehead atoms. The summed E-state index contributed by atoms with van der Waals surface area (Å²) < 4.78 is 19.6. The lowest BCUT2D eigenvalue weighted by Crippen LogP contribution is -2.22. The van der Waals surface area contributed by atoms with Crippen LogP contribution >= 0.6 is 0 Å². The lowest BCUT2D eigenvalue weighted by atomic mass is 9.86. The van der Waals surface area contributed by atoms with Gasteiger partial charge in [-0.3, -0.25) is 9.59 Å². The number of aliphatic hydroxyl groups excluding tert-OH is 1. The van der Waals surface area contributed by atoms with Crippen LogP contribution in [0.5, 0.6) is 5.75 Å². The maximum atomic E-state index is 13.8. The quantitative estimate of drug-likeness (QED) is 0.813. The summed E-state index contributed by atoms with van der Waals surface area (Å²) in [4.78, 5) is 29.2. The SMILES string of the molecule is CNC(=O)c1cc(C(=O)/N=C2/C[C@H]2CO)cc2c1O[C@H](CF)[C@H]2c1ccccc1. The summed E-state index contributed by atoms with van der Waals surface area (Å²) in [5.74, 6) is -1.12. The highest BCUT2D eigenvalue weighted by Gasteiger charge is 2.39. The Hall–Kier alpha value is -3.06.